The Morgan fingerprint density at radius 2 is 1.77 bits per heavy atom. The number of amides is 2. The highest BCUT2D eigenvalue weighted by molar-refractivity contribution is 7.10. The van der Waals surface area contributed by atoms with Crippen LogP contribution in [0.5, 0.6) is 0 Å². The number of aryl methyl sites for hydroxylation is 2. The Labute approximate surface area is 244 Å². The Morgan fingerprint density at radius 3 is 2.48 bits per heavy atom. The molecule has 5 nitrogen and oxygen atoms in total. The number of rotatable bonds is 8. The third-order valence-electron chi connectivity index (χ3n) is 7.30. The average Bonchev–Trinajstić information content (AvgIpc) is 3.44. The van der Waals surface area contributed by atoms with E-state index in [0.717, 1.165) is 45.8 Å². The summed E-state index contributed by atoms with van der Waals surface area (Å²) in [4.78, 5) is 34.0. The first-order valence-corrected chi connectivity index (χ1v) is 14.8. The molecule has 1 N–H and O–H groups in total. The monoisotopic (exact) mass is 569 g/mol. The number of benzene rings is 3. The molecule has 0 radical (unpaired) electrons. The van der Waals surface area contributed by atoms with Crippen LogP contribution in [-0.2, 0) is 35.3 Å². The number of nitrogens with zero attached hydrogens (tertiary/aromatic N) is 2. The van der Waals surface area contributed by atoms with Gasteiger partial charge >= 0.3 is 0 Å². The van der Waals surface area contributed by atoms with Crippen LogP contribution in [0.15, 0.2) is 83.2 Å². The second-order valence-corrected chi connectivity index (χ2v) is 11.4. The molecule has 1 unspecified atom stereocenters. The fraction of sp³-hybridized carbons (Fsp3) is 0.242. The lowest BCUT2D eigenvalue weighted by Crippen LogP contribution is -2.36. The summed E-state index contributed by atoms with van der Waals surface area (Å²) in [6.45, 7) is 4.32. The number of hydrogen-bond acceptors (Lipinski definition) is 4. The predicted octanol–water partition coefficient (Wildman–Crippen LogP) is 7.13. The molecule has 2 heterocycles. The van der Waals surface area contributed by atoms with Gasteiger partial charge in [-0.05, 0) is 71.3 Å². The third kappa shape index (κ3) is 6.03. The lowest BCUT2D eigenvalue weighted by atomic mass is 9.96. The summed E-state index contributed by atoms with van der Waals surface area (Å²) in [5.74, 6) is -0.136. The highest BCUT2D eigenvalue weighted by Crippen LogP contribution is 2.31. The highest BCUT2D eigenvalue weighted by atomic mass is 35.5. The van der Waals surface area contributed by atoms with Crippen LogP contribution < -0.4 is 10.2 Å². The van der Waals surface area contributed by atoms with Crippen LogP contribution in [0.2, 0.25) is 5.02 Å². The van der Waals surface area contributed by atoms with Crippen molar-refractivity contribution in [2.75, 3.05) is 17.3 Å². The minimum Gasteiger partial charge on any atom is -0.326 e. The van der Waals surface area contributed by atoms with Crippen molar-refractivity contribution in [1.29, 1.82) is 0 Å². The van der Waals surface area contributed by atoms with Gasteiger partial charge in [0, 0.05) is 40.2 Å². The first-order valence-electron chi connectivity index (χ1n) is 13.5. The summed E-state index contributed by atoms with van der Waals surface area (Å²) in [6.07, 6.45) is 2.78. The predicted molar refractivity (Wildman–Crippen MR) is 166 cm³/mol. The topological polar surface area (TPSA) is 61.8 Å². The minimum absolute atomic E-state index is 0.0604. The number of thiophene rings is 1. The van der Waals surface area contributed by atoms with E-state index in [1.54, 1.807) is 23.3 Å². The summed E-state index contributed by atoms with van der Waals surface area (Å²) >= 11 is 7.93. The van der Waals surface area contributed by atoms with Crippen molar-refractivity contribution >= 4 is 51.8 Å². The molecular weight excluding hydrogens is 538 g/mol. The Morgan fingerprint density at radius 1 is 1.00 bits per heavy atom. The summed E-state index contributed by atoms with van der Waals surface area (Å²) in [5, 5.41) is 5.50. The molecule has 2 amide bonds. The quantitative estimate of drug-likeness (QED) is 0.245. The molecule has 1 aliphatic heterocycles. The van der Waals surface area contributed by atoms with Crippen LogP contribution >= 0.6 is 22.9 Å². The summed E-state index contributed by atoms with van der Waals surface area (Å²) in [6, 6.07) is 23.0. The lowest BCUT2D eigenvalue weighted by Gasteiger charge is -2.21. The number of aliphatic imine (C=N–C) groups is 1. The summed E-state index contributed by atoms with van der Waals surface area (Å²) < 4.78 is 0. The van der Waals surface area contributed by atoms with Gasteiger partial charge in [-0.15, -0.1) is 11.3 Å². The second kappa shape index (κ2) is 12.2. The molecule has 1 aliphatic rings. The third-order valence-corrected chi connectivity index (χ3v) is 8.41. The average molecular weight is 570 g/mol. The number of nitrogens with one attached hydrogen (secondary N) is 1. The number of fused-ring (bicyclic) bond motifs is 1. The SMILES string of the molecule is CCc1ccc(CC2N=C(c3ccc(NC(=O)Cc4cccs4)cc3)c3ccc(Cl)cc3N(C)C2=O)cc1CC. The van der Waals surface area contributed by atoms with Gasteiger partial charge in [-0.3, -0.25) is 14.6 Å². The zero-order valence-electron chi connectivity index (χ0n) is 22.9. The number of carbonyl (C=O) groups is 2. The normalized spacial score (nSPS) is 14.9. The van der Waals surface area contributed by atoms with Crippen molar-refractivity contribution in [3.8, 4) is 0 Å². The molecule has 5 rings (SSSR count). The van der Waals surface area contributed by atoms with Gasteiger partial charge in [-0.2, -0.15) is 0 Å². The van der Waals surface area contributed by atoms with E-state index in [2.05, 4.69) is 37.4 Å². The van der Waals surface area contributed by atoms with Crippen LogP contribution in [0.1, 0.15) is 46.5 Å². The van der Waals surface area contributed by atoms with E-state index in [1.165, 1.54) is 11.1 Å². The molecule has 0 saturated heterocycles. The number of anilines is 2. The zero-order valence-corrected chi connectivity index (χ0v) is 24.5. The molecule has 1 atom stereocenters. The Bertz CT molecular complexity index is 1560. The molecule has 0 fully saturated rings. The number of likely N-dealkylation sites (N-methyl/N-ethyl adjacent to an activating group) is 1. The zero-order chi connectivity index (χ0) is 28.2. The number of halogens is 1. The first kappa shape index (κ1) is 27.8. The van der Waals surface area contributed by atoms with E-state index >= 15 is 0 Å². The largest absolute Gasteiger partial charge is 0.326 e. The van der Waals surface area contributed by atoms with Crippen LogP contribution in [0, 0.1) is 0 Å². The van der Waals surface area contributed by atoms with Gasteiger partial charge in [-0.1, -0.05) is 61.8 Å². The van der Waals surface area contributed by atoms with E-state index in [9.17, 15) is 9.59 Å². The van der Waals surface area contributed by atoms with E-state index in [4.69, 9.17) is 16.6 Å². The summed E-state index contributed by atoms with van der Waals surface area (Å²) in [5.41, 5.74) is 7.61. The fourth-order valence-electron chi connectivity index (χ4n) is 5.16. The molecule has 40 heavy (non-hydrogen) atoms. The highest BCUT2D eigenvalue weighted by Gasteiger charge is 2.30. The van der Waals surface area contributed by atoms with E-state index in [0.29, 0.717) is 23.6 Å². The molecule has 0 saturated carbocycles. The molecular formula is C33H32ClN3O2S. The van der Waals surface area contributed by atoms with E-state index < -0.39 is 6.04 Å². The van der Waals surface area contributed by atoms with Crippen molar-refractivity contribution in [3.63, 3.8) is 0 Å². The molecule has 3 aromatic carbocycles. The lowest BCUT2D eigenvalue weighted by molar-refractivity contribution is -0.119. The molecule has 0 aliphatic carbocycles. The second-order valence-electron chi connectivity index (χ2n) is 9.95. The van der Waals surface area contributed by atoms with Crippen LogP contribution in [0.4, 0.5) is 11.4 Å². The van der Waals surface area contributed by atoms with Gasteiger partial charge in [0.15, 0.2) is 0 Å². The molecule has 7 heteroatoms. The van der Waals surface area contributed by atoms with Gasteiger partial charge in [0.2, 0.25) is 5.91 Å². The van der Waals surface area contributed by atoms with Gasteiger partial charge in [0.25, 0.3) is 5.91 Å². The van der Waals surface area contributed by atoms with Gasteiger partial charge < -0.3 is 10.2 Å². The number of carbonyl (C=O) groups excluding carboxylic acids is 2. The molecule has 204 valence electrons. The van der Waals surface area contributed by atoms with Gasteiger partial charge in [0.05, 0.1) is 17.8 Å². The van der Waals surface area contributed by atoms with Crippen molar-refractivity contribution in [2.45, 2.75) is 45.6 Å². The summed E-state index contributed by atoms with van der Waals surface area (Å²) in [7, 11) is 1.78. The smallest absolute Gasteiger partial charge is 0.251 e. The van der Waals surface area contributed by atoms with Gasteiger partial charge in [0.1, 0.15) is 6.04 Å². The minimum atomic E-state index is -0.589. The van der Waals surface area contributed by atoms with Gasteiger partial charge in [-0.25, -0.2) is 0 Å². The number of hydrogen-bond donors (Lipinski definition) is 1. The Kier molecular flexibility index (Phi) is 8.48. The first-order chi connectivity index (χ1) is 19.4. The van der Waals surface area contributed by atoms with Crippen LogP contribution in [-0.4, -0.2) is 30.6 Å². The Hall–Kier alpha value is -3.74. The maximum absolute atomic E-state index is 13.7. The van der Waals surface area contributed by atoms with Crippen LogP contribution in [0.25, 0.3) is 0 Å². The standard InChI is InChI=1S/C33H32ClN3O2S/c1-4-22-9-8-21(17-23(22)5-2)18-29-33(39)37(3)30-19-25(34)12-15-28(30)32(36-29)24-10-13-26(14-11-24)35-31(38)20-27-7-6-16-40-27/h6-17,19,29H,4-5,18,20H2,1-3H3,(H,35,38). The fourth-order valence-corrected chi connectivity index (χ4v) is 6.03. The van der Waals surface area contributed by atoms with Crippen molar-refractivity contribution in [3.05, 3.63) is 116 Å². The number of benzodiazepines with no additional fused rings is 1. The molecule has 0 spiro atoms. The van der Waals surface area contributed by atoms with Crippen molar-refractivity contribution < 1.29 is 9.59 Å². The van der Waals surface area contributed by atoms with Crippen molar-refractivity contribution in [1.82, 2.24) is 0 Å². The maximum atomic E-state index is 13.7. The maximum Gasteiger partial charge on any atom is 0.251 e. The molecule has 4 aromatic rings. The van der Waals surface area contributed by atoms with E-state index in [-0.39, 0.29) is 11.8 Å². The molecule has 0 bridgehead atoms. The molecule has 1 aromatic heterocycles. The van der Waals surface area contributed by atoms with Crippen molar-refractivity contribution in [2.24, 2.45) is 4.99 Å². The Balaban J connectivity index is 1.48. The van der Waals surface area contributed by atoms with E-state index in [1.807, 2.05) is 60.0 Å². The van der Waals surface area contributed by atoms with Crippen LogP contribution in [0.3, 0.4) is 0 Å².